The molecule has 3 nitrogen and oxygen atoms in total. The summed E-state index contributed by atoms with van der Waals surface area (Å²) in [5.41, 5.74) is 3.37. The van der Waals surface area contributed by atoms with Crippen LogP contribution in [-0.4, -0.2) is 15.0 Å². The molecule has 2 heterocycles. The number of rotatable bonds is 2. The molecule has 4 aromatic rings. The second-order valence-electron chi connectivity index (χ2n) is 7.52. The lowest BCUT2D eigenvalue weighted by Crippen LogP contribution is -2.13. The van der Waals surface area contributed by atoms with Crippen molar-refractivity contribution in [3.63, 3.8) is 0 Å². The maximum atomic E-state index is 13.7. The van der Waals surface area contributed by atoms with E-state index in [1.807, 2.05) is 6.07 Å². The molecule has 0 spiro atoms. The summed E-state index contributed by atoms with van der Waals surface area (Å²) < 4.78 is 27.4. The summed E-state index contributed by atoms with van der Waals surface area (Å²) in [6.07, 6.45) is 5.73. The molecule has 2 aromatic carbocycles. The number of nitrogens with one attached hydrogen (secondary N) is 1. The van der Waals surface area contributed by atoms with Crippen molar-refractivity contribution in [2.75, 3.05) is 0 Å². The number of aromatic nitrogens is 3. The van der Waals surface area contributed by atoms with Gasteiger partial charge in [-0.2, -0.15) is 0 Å². The highest BCUT2D eigenvalue weighted by atomic mass is 35.5. The number of pyridine rings is 1. The van der Waals surface area contributed by atoms with Crippen LogP contribution >= 0.6 is 11.6 Å². The minimum absolute atomic E-state index is 0.0889. The smallest absolute Gasteiger partial charge is 0.144 e. The van der Waals surface area contributed by atoms with Gasteiger partial charge in [-0.3, -0.25) is 4.98 Å². The highest BCUT2D eigenvalue weighted by Crippen LogP contribution is 2.42. The standard InChI is InChI=1S/C22H18ClF2N3/c23-17-10-20-21(11-18(17)25)28-22(27-20)13-3-1-12(2-4-13)15-7-8-26-19-6-5-14(24)9-16(15)19/h5-13H,1-4H2,(H,27,28)/t12-,13+. The molecule has 6 heteroatoms. The highest BCUT2D eigenvalue weighted by Gasteiger charge is 2.26. The number of fused-ring (bicyclic) bond motifs is 2. The minimum Gasteiger partial charge on any atom is -0.342 e. The Hall–Kier alpha value is -2.53. The molecule has 0 aliphatic heterocycles. The molecule has 1 aliphatic rings. The average Bonchev–Trinajstić information content (AvgIpc) is 3.10. The Labute approximate surface area is 165 Å². The number of nitrogens with zero attached hydrogens (tertiary/aromatic N) is 2. The van der Waals surface area contributed by atoms with Gasteiger partial charge in [0, 0.05) is 23.6 Å². The van der Waals surface area contributed by atoms with Crippen LogP contribution in [0.5, 0.6) is 0 Å². The van der Waals surface area contributed by atoms with E-state index in [4.69, 9.17) is 11.6 Å². The third-order valence-corrected chi connectivity index (χ3v) is 6.12. The Morgan fingerprint density at radius 1 is 0.929 bits per heavy atom. The zero-order valence-corrected chi connectivity index (χ0v) is 15.8. The first-order valence-electron chi connectivity index (χ1n) is 9.47. The van der Waals surface area contributed by atoms with Crippen LogP contribution < -0.4 is 0 Å². The molecule has 1 fully saturated rings. The van der Waals surface area contributed by atoms with Gasteiger partial charge in [0.2, 0.25) is 0 Å². The molecule has 2 aromatic heterocycles. The summed E-state index contributed by atoms with van der Waals surface area (Å²) in [5.74, 6) is 0.893. The van der Waals surface area contributed by atoms with Crippen molar-refractivity contribution in [3.8, 4) is 0 Å². The maximum Gasteiger partial charge on any atom is 0.144 e. The van der Waals surface area contributed by atoms with Gasteiger partial charge in [-0.1, -0.05) is 11.6 Å². The average molecular weight is 398 g/mol. The lowest BCUT2D eigenvalue weighted by atomic mass is 9.77. The normalized spacial score (nSPS) is 20.1. The number of aromatic amines is 1. The van der Waals surface area contributed by atoms with Crippen LogP contribution in [0.1, 0.15) is 48.9 Å². The predicted molar refractivity (Wildman–Crippen MR) is 107 cm³/mol. The molecule has 1 N–H and O–H groups in total. The van der Waals surface area contributed by atoms with Crippen molar-refractivity contribution in [2.45, 2.75) is 37.5 Å². The van der Waals surface area contributed by atoms with Gasteiger partial charge in [0.1, 0.15) is 17.5 Å². The maximum absolute atomic E-state index is 13.7. The number of hydrogen-bond donors (Lipinski definition) is 1. The quantitative estimate of drug-likeness (QED) is 0.420. The number of hydrogen-bond acceptors (Lipinski definition) is 2. The highest BCUT2D eigenvalue weighted by molar-refractivity contribution is 6.31. The minimum atomic E-state index is -0.440. The van der Waals surface area contributed by atoms with Gasteiger partial charge in [-0.25, -0.2) is 13.8 Å². The van der Waals surface area contributed by atoms with E-state index in [9.17, 15) is 8.78 Å². The van der Waals surface area contributed by atoms with E-state index in [1.54, 1.807) is 24.4 Å². The molecule has 1 aliphatic carbocycles. The molecular formula is C22H18ClF2N3. The van der Waals surface area contributed by atoms with Crippen molar-refractivity contribution < 1.29 is 8.78 Å². The molecule has 142 valence electrons. The van der Waals surface area contributed by atoms with Crippen LogP contribution in [0.25, 0.3) is 21.9 Å². The fourth-order valence-electron chi connectivity index (χ4n) is 4.39. The van der Waals surface area contributed by atoms with E-state index < -0.39 is 5.82 Å². The predicted octanol–water partition coefficient (Wildman–Crippen LogP) is 6.48. The zero-order valence-electron chi connectivity index (χ0n) is 15.1. The fraction of sp³-hybridized carbons (Fsp3) is 0.273. The molecule has 0 radical (unpaired) electrons. The van der Waals surface area contributed by atoms with Gasteiger partial charge in [0.15, 0.2) is 0 Å². The summed E-state index contributed by atoms with van der Waals surface area (Å²) in [5, 5.41) is 0.992. The summed E-state index contributed by atoms with van der Waals surface area (Å²) >= 11 is 5.87. The lowest BCUT2D eigenvalue weighted by molar-refractivity contribution is 0.388. The summed E-state index contributed by atoms with van der Waals surface area (Å²) in [6.45, 7) is 0. The number of imidazole rings is 1. The van der Waals surface area contributed by atoms with Crippen LogP contribution in [0.3, 0.4) is 0 Å². The molecule has 0 bridgehead atoms. The van der Waals surface area contributed by atoms with Crippen LogP contribution in [0.2, 0.25) is 5.02 Å². The van der Waals surface area contributed by atoms with Crippen molar-refractivity contribution in [1.29, 1.82) is 0 Å². The van der Waals surface area contributed by atoms with Gasteiger partial charge in [0.25, 0.3) is 0 Å². The van der Waals surface area contributed by atoms with E-state index in [1.165, 1.54) is 17.7 Å². The Bertz CT molecular complexity index is 1140. The molecule has 1 saturated carbocycles. The summed E-state index contributed by atoms with van der Waals surface area (Å²) in [4.78, 5) is 12.2. The van der Waals surface area contributed by atoms with E-state index in [0.29, 0.717) is 22.9 Å². The van der Waals surface area contributed by atoms with Gasteiger partial charge < -0.3 is 4.98 Å². The number of benzene rings is 2. The van der Waals surface area contributed by atoms with Crippen LogP contribution in [0.15, 0.2) is 42.6 Å². The molecule has 0 saturated heterocycles. The lowest BCUT2D eigenvalue weighted by Gasteiger charge is -2.28. The Balaban J connectivity index is 1.39. The molecular weight excluding hydrogens is 380 g/mol. The Morgan fingerprint density at radius 2 is 1.71 bits per heavy atom. The first-order valence-corrected chi connectivity index (χ1v) is 9.85. The molecule has 0 atom stereocenters. The fourth-order valence-corrected chi connectivity index (χ4v) is 4.55. The number of halogens is 3. The first-order chi connectivity index (χ1) is 13.6. The van der Waals surface area contributed by atoms with Gasteiger partial charge in [-0.05, 0) is 67.5 Å². The van der Waals surface area contributed by atoms with E-state index in [0.717, 1.165) is 42.4 Å². The van der Waals surface area contributed by atoms with E-state index >= 15 is 0 Å². The van der Waals surface area contributed by atoms with Crippen LogP contribution in [-0.2, 0) is 0 Å². The Kier molecular flexibility index (Phi) is 4.27. The van der Waals surface area contributed by atoms with Crippen molar-refractivity contribution in [3.05, 3.63) is 70.6 Å². The largest absolute Gasteiger partial charge is 0.342 e. The van der Waals surface area contributed by atoms with Crippen LogP contribution in [0.4, 0.5) is 8.78 Å². The Morgan fingerprint density at radius 3 is 2.54 bits per heavy atom. The molecule has 0 unspecified atom stereocenters. The molecule has 0 amide bonds. The van der Waals surface area contributed by atoms with Gasteiger partial charge >= 0.3 is 0 Å². The zero-order chi connectivity index (χ0) is 19.3. The van der Waals surface area contributed by atoms with Crippen molar-refractivity contribution in [2.24, 2.45) is 0 Å². The van der Waals surface area contributed by atoms with Gasteiger partial charge in [0.05, 0.1) is 21.6 Å². The summed E-state index contributed by atoms with van der Waals surface area (Å²) in [7, 11) is 0. The number of H-pyrrole nitrogens is 1. The molecule has 28 heavy (non-hydrogen) atoms. The van der Waals surface area contributed by atoms with Crippen LogP contribution in [0, 0.1) is 11.6 Å². The first kappa shape index (κ1) is 17.6. The summed E-state index contributed by atoms with van der Waals surface area (Å²) in [6, 6.07) is 9.75. The molecule has 5 rings (SSSR count). The van der Waals surface area contributed by atoms with Crippen molar-refractivity contribution >= 4 is 33.5 Å². The van der Waals surface area contributed by atoms with Crippen molar-refractivity contribution in [1.82, 2.24) is 15.0 Å². The van der Waals surface area contributed by atoms with E-state index in [2.05, 4.69) is 15.0 Å². The third-order valence-electron chi connectivity index (χ3n) is 5.83. The second kappa shape index (κ2) is 6.82. The van der Waals surface area contributed by atoms with Gasteiger partial charge in [-0.15, -0.1) is 0 Å². The topological polar surface area (TPSA) is 41.6 Å². The van der Waals surface area contributed by atoms with E-state index in [-0.39, 0.29) is 10.8 Å². The monoisotopic (exact) mass is 397 g/mol. The SMILES string of the molecule is Fc1ccc2nccc([C@H]3CC[C@@H](c4nc5cc(Cl)c(F)cc5[nH]4)CC3)c2c1. The third kappa shape index (κ3) is 3.04. The second-order valence-corrected chi connectivity index (χ2v) is 7.92.